The fourth-order valence-corrected chi connectivity index (χ4v) is 5.70. The summed E-state index contributed by atoms with van der Waals surface area (Å²) in [6.07, 6.45) is -2.91. The van der Waals surface area contributed by atoms with Gasteiger partial charge in [0.2, 0.25) is 5.89 Å². The Hall–Kier alpha value is -2.57. The molecule has 0 bridgehead atoms. The van der Waals surface area contributed by atoms with E-state index >= 15 is 4.39 Å². The lowest BCUT2D eigenvalue weighted by Gasteiger charge is -2.32. The number of hydrogen-bond donors (Lipinski definition) is 0. The Kier molecular flexibility index (Phi) is 7.56. The highest BCUT2D eigenvalue weighted by atomic mass is 32.2. The van der Waals surface area contributed by atoms with Crippen molar-refractivity contribution in [2.24, 2.45) is 0 Å². The lowest BCUT2D eigenvalue weighted by Crippen LogP contribution is -2.42. The molecule has 3 aromatic rings. The van der Waals surface area contributed by atoms with Crippen molar-refractivity contribution < 1.29 is 26.5 Å². The van der Waals surface area contributed by atoms with Gasteiger partial charge in [0.15, 0.2) is 11.2 Å². The second kappa shape index (κ2) is 10.6. The fraction of sp³-hybridized carbons (Fsp3) is 0.333. The Balaban J connectivity index is 1.62. The number of halogens is 3. The normalized spacial score (nSPS) is 15.5. The highest BCUT2D eigenvalue weighted by Crippen LogP contribution is 2.29. The Morgan fingerprint density at radius 3 is 2.67 bits per heavy atom. The van der Waals surface area contributed by atoms with Gasteiger partial charge in [0.1, 0.15) is 11.6 Å². The van der Waals surface area contributed by atoms with Crippen LogP contribution in [0.15, 0.2) is 46.9 Å². The quantitative estimate of drug-likeness (QED) is 0.457. The van der Waals surface area contributed by atoms with Gasteiger partial charge in [-0.15, -0.1) is 10.2 Å². The molecule has 0 aliphatic carbocycles. The van der Waals surface area contributed by atoms with Gasteiger partial charge in [0, 0.05) is 41.8 Å². The number of nitrogens with zero attached hydrogens (tertiary/aromatic N) is 4. The number of methoxy groups -OCH3 is 1. The molecule has 1 aliphatic rings. The first kappa shape index (κ1) is 23.6. The fourth-order valence-electron chi connectivity index (χ4n) is 3.25. The monoisotopic (exact) mass is 498 g/mol. The lowest BCUT2D eigenvalue weighted by atomic mass is 10.1. The van der Waals surface area contributed by atoms with Gasteiger partial charge >= 0.3 is 6.43 Å². The molecule has 1 fully saturated rings. The van der Waals surface area contributed by atoms with Crippen LogP contribution in [0.2, 0.25) is 0 Å². The third-order valence-electron chi connectivity index (χ3n) is 4.96. The molecule has 1 unspecified atom stereocenters. The number of benzene rings is 2. The lowest BCUT2D eigenvalue weighted by molar-refractivity contribution is 0.116. The molecule has 0 radical (unpaired) electrons. The minimum Gasteiger partial charge on any atom is -0.497 e. The van der Waals surface area contributed by atoms with Crippen LogP contribution >= 0.6 is 11.8 Å². The maximum atomic E-state index is 15.0. The number of anilines is 1. The summed E-state index contributed by atoms with van der Waals surface area (Å²) >= 11 is 0.247. The highest BCUT2D eigenvalue weighted by molar-refractivity contribution is 7.99. The summed E-state index contributed by atoms with van der Waals surface area (Å²) in [5, 5.41) is 6.82. The predicted molar refractivity (Wildman–Crippen MR) is 121 cm³/mol. The van der Waals surface area contributed by atoms with E-state index in [0.29, 0.717) is 24.5 Å². The minimum absolute atomic E-state index is 0.0155. The zero-order valence-electron chi connectivity index (χ0n) is 17.6. The van der Waals surface area contributed by atoms with Gasteiger partial charge < -0.3 is 9.15 Å². The summed E-state index contributed by atoms with van der Waals surface area (Å²) < 4.78 is 67.6. The second-order valence-electron chi connectivity index (χ2n) is 7.06. The van der Waals surface area contributed by atoms with Crippen molar-refractivity contribution in [3.05, 3.63) is 59.7 Å². The Labute approximate surface area is 195 Å². The molecular formula is C21H21F3N4O3S2. The maximum Gasteiger partial charge on any atom is 0.314 e. The number of aromatic nitrogens is 2. The van der Waals surface area contributed by atoms with Crippen molar-refractivity contribution in [2.45, 2.75) is 13.0 Å². The molecule has 2 aromatic carbocycles. The molecular weight excluding hydrogens is 477 g/mol. The molecule has 0 spiro atoms. The summed E-state index contributed by atoms with van der Waals surface area (Å²) in [4.78, 5) is 0. The van der Waals surface area contributed by atoms with Crippen LogP contribution in [0.4, 0.5) is 18.9 Å². The largest absolute Gasteiger partial charge is 0.497 e. The molecule has 1 atom stereocenters. The van der Waals surface area contributed by atoms with E-state index in [-0.39, 0.29) is 23.6 Å². The summed E-state index contributed by atoms with van der Waals surface area (Å²) in [6.45, 7) is 1.33. The molecule has 0 amide bonds. The van der Waals surface area contributed by atoms with Crippen molar-refractivity contribution in [1.82, 2.24) is 14.5 Å². The zero-order chi connectivity index (χ0) is 23.4. The number of thioether (sulfide) groups is 1. The summed E-state index contributed by atoms with van der Waals surface area (Å²) in [7, 11) is 1.54. The average molecular weight is 499 g/mol. The van der Waals surface area contributed by atoms with Gasteiger partial charge in [-0.3, -0.25) is 4.31 Å². The average Bonchev–Trinajstić information content (AvgIpc) is 3.34. The Morgan fingerprint density at radius 1 is 1.21 bits per heavy atom. The number of ether oxygens (including phenoxy) is 1. The van der Waals surface area contributed by atoms with Crippen LogP contribution in [0.1, 0.15) is 17.9 Å². The van der Waals surface area contributed by atoms with E-state index in [1.807, 2.05) is 4.31 Å². The molecule has 1 aromatic heterocycles. The van der Waals surface area contributed by atoms with Crippen LogP contribution in [-0.2, 0) is 17.7 Å². The van der Waals surface area contributed by atoms with E-state index in [2.05, 4.69) is 10.2 Å². The molecule has 0 saturated carbocycles. The SMILES string of the molecule is COc1cccc(N(Cc2ccc(-c3nnc(C(F)F)o3)cc2F)S(=O)N2CCSCC2)c1. The van der Waals surface area contributed by atoms with Crippen molar-refractivity contribution in [2.75, 3.05) is 36.0 Å². The smallest absolute Gasteiger partial charge is 0.314 e. The van der Waals surface area contributed by atoms with Crippen LogP contribution in [0.5, 0.6) is 5.75 Å². The van der Waals surface area contributed by atoms with Crippen LogP contribution < -0.4 is 9.04 Å². The molecule has 0 N–H and O–H groups in total. The molecule has 33 heavy (non-hydrogen) atoms. The van der Waals surface area contributed by atoms with Gasteiger partial charge in [0.25, 0.3) is 5.89 Å². The number of rotatable bonds is 8. The van der Waals surface area contributed by atoms with Crippen molar-refractivity contribution >= 4 is 28.6 Å². The van der Waals surface area contributed by atoms with Crippen molar-refractivity contribution in [1.29, 1.82) is 0 Å². The van der Waals surface area contributed by atoms with Crippen LogP contribution in [0.3, 0.4) is 0 Å². The Bertz CT molecular complexity index is 1130. The predicted octanol–water partition coefficient (Wildman–Crippen LogP) is 4.46. The summed E-state index contributed by atoms with van der Waals surface area (Å²) in [5.74, 6) is 0.689. The molecule has 4 rings (SSSR count). The Morgan fingerprint density at radius 2 is 2.00 bits per heavy atom. The molecule has 12 heteroatoms. The molecule has 1 saturated heterocycles. The van der Waals surface area contributed by atoms with Gasteiger partial charge in [-0.05, 0) is 24.3 Å². The van der Waals surface area contributed by atoms with E-state index in [4.69, 9.17) is 9.15 Å². The van der Waals surface area contributed by atoms with E-state index in [1.54, 1.807) is 40.3 Å². The number of alkyl halides is 2. The first-order valence-electron chi connectivity index (χ1n) is 10.0. The van der Waals surface area contributed by atoms with E-state index in [0.717, 1.165) is 17.6 Å². The van der Waals surface area contributed by atoms with Crippen molar-refractivity contribution in [3.63, 3.8) is 0 Å². The highest BCUT2D eigenvalue weighted by Gasteiger charge is 2.25. The summed E-state index contributed by atoms with van der Waals surface area (Å²) in [5.41, 5.74) is 1.07. The minimum atomic E-state index is -2.91. The summed E-state index contributed by atoms with van der Waals surface area (Å²) in [6, 6.07) is 11.2. The maximum absolute atomic E-state index is 15.0. The van der Waals surface area contributed by atoms with Crippen molar-refractivity contribution in [3.8, 4) is 17.2 Å². The zero-order valence-corrected chi connectivity index (χ0v) is 19.3. The third-order valence-corrected chi connectivity index (χ3v) is 7.43. The van der Waals surface area contributed by atoms with Gasteiger partial charge in [-0.1, -0.05) is 12.1 Å². The molecule has 176 valence electrons. The van der Waals surface area contributed by atoms with E-state index in [9.17, 15) is 13.0 Å². The van der Waals surface area contributed by atoms with E-state index < -0.39 is 29.3 Å². The van der Waals surface area contributed by atoms with Crippen LogP contribution in [-0.4, -0.2) is 50.4 Å². The topological polar surface area (TPSA) is 71.7 Å². The van der Waals surface area contributed by atoms with Gasteiger partial charge in [-0.25, -0.2) is 12.9 Å². The van der Waals surface area contributed by atoms with Gasteiger partial charge in [-0.2, -0.15) is 20.5 Å². The van der Waals surface area contributed by atoms with Crippen LogP contribution in [0.25, 0.3) is 11.5 Å². The standard InChI is InChI=1S/C21H21F3N4O3S2/c1-30-17-4-2-3-16(12-17)28(33(29)27-7-9-32-10-8-27)13-15-6-5-14(11-18(15)22)20-25-26-21(31-20)19(23)24/h2-6,11-12,19H,7-10,13H2,1H3. The second-order valence-corrected chi connectivity index (χ2v) is 9.71. The molecule has 1 aliphatic heterocycles. The van der Waals surface area contributed by atoms with Gasteiger partial charge in [0.05, 0.1) is 19.3 Å². The first-order valence-corrected chi connectivity index (χ1v) is 12.2. The number of hydrogen-bond acceptors (Lipinski definition) is 6. The van der Waals surface area contributed by atoms with Crippen LogP contribution in [0, 0.1) is 5.82 Å². The molecule has 7 nitrogen and oxygen atoms in total. The van der Waals surface area contributed by atoms with E-state index in [1.165, 1.54) is 19.2 Å². The first-order chi connectivity index (χ1) is 16.0. The third kappa shape index (κ3) is 5.50. The molecule has 2 heterocycles.